The zero-order valence-electron chi connectivity index (χ0n) is 14.3. The molecule has 134 valence electrons. The summed E-state index contributed by atoms with van der Waals surface area (Å²) in [6, 6.07) is 6.06. The quantitative estimate of drug-likeness (QED) is 0.465. The molecule has 2 amide bonds. The summed E-state index contributed by atoms with van der Waals surface area (Å²) in [6.07, 6.45) is 0.489. The minimum Gasteiger partial charge on any atom is -0.501 e. The van der Waals surface area contributed by atoms with Gasteiger partial charge in [-0.1, -0.05) is 6.07 Å². The molecule has 0 aliphatic carbocycles. The fourth-order valence-corrected chi connectivity index (χ4v) is 3.06. The molecule has 0 unspecified atom stereocenters. The van der Waals surface area contributed by atoms with E-state index in [-0.39, 0.29) is 23.5 Å². The van der Waals surface area contributed by atoms with Crippen molar-refractivity contribution in [3.63, 3.8) is 0 Å². The van der Waals surface area contributed by atoms with Gasteiger partial charge in [-0.3, -0.25) is 14.5 Å². The van der Waals surface area contributed by atoms with E-state index in [1.165, 1.54) is 6.07 Å². The van der Waals surface area contributed by atoms with Crippen molar-refractivity contribution in [2.75, 3.05) is 33.5 Å². The zero-order chi connectivity index (χ0) is 18.7. The average molecular weight is 356 g/mol. The summed E-state index contributed by atoms with van der Waals surface area (Å²) in [5.41, 5.74) is 0.480. The summed E-state index contributed by atoms with van der Waals surface area (Å²) in [5, 5.41) is 19.9. The second kappa shape index (κ2) is 7.47. The summed E-state index contributed by atoms with van der Waals surface area (Å²) in [4.78, 5) is 29.7. The van der Waals surface area contributed by atoms with Gasteiger partial charge in [0.05, 0.1) is 24.2 Å². The smallest absolute Gasteiger partial charge is 0.433 e. The first-order chi connectivity index (χ1) is 12.6. The molecule has 2 aromatic carbocycles. The zero-order valence-corrected chi connectivity index (χ0v) is 14.3. The van der Waals surface area contributed by atoms with Crippen molar-refractivity contribution in [3.05, 3.63) is 40.4 Å². The highest BCUT2D eigenvalue weighted by molar-refractivity contribution is 6.27. The number of methoxy groups -OCH3 is 1. The first-order valence-electron chi connectivity index (χ1n) is 8.16. The lowest BCUT2D eigenvalue weighted by Gasteiger charge is -2.26. The molecule has 3 rings (SSSR count). The van der Waals surface area contributed by atoms with Crippen LogP contribution in [0.3, 0.4) is 0 Å². The number of carbonyl (C=O) groups is 2. The minimum atomic E-state index is -0.490. The number of hydrogen-bond donors (Lipinski definition) is 1. The molecular formula is C18H18N3O5+. The number of diazo groups is 1. The Balaban J connectivity index is 1.89. The Morgan fingerprint density at radius 2 is 1.92 bits per heavy atom. The Morgan fingerprint density at radius 1 is 1.15 bits per heavy atom. The van der Waals surface area contributed by atoms with Crippen molar-refractivity contribution < 1.29 is 24.2 Å². The van der Waals surface area contributed by atoms with Gasteiger partial charge in [-0.25, -0.2) is 0 Å². The van der Waals surface area contributed by atoms with Crippen molar-refractivity contribution in [2.24, 2.45) is 0 Å². The predicted molar refractivity (Wildman–Crippen MR) is 93.0 cm³/mol. The highest BCUT2D eigenvalue weighted by Crippen LogP contribution is 2.41. The van der Waals surface area contributed by atoms with Crippen LogP contribution >= 0.6 is 0 Å². The van der Waals surface area contributed by atoms with Crippen LogP contribution in [0.1, 0.15) is 27.1 Å². The van der Waals surface area contributed by atoms with Crippen LogP contribution in [0.5, 0.6) is 5.75 Å². The second-order valence-corrected chi connectivity index (χ2v) is 5.84. The van der Waals surface area contributed by atoms with E-state index in [1.807, 2.05) is 0 Å². The maximum absolute atomic E-state index is 12.8. The van der Waals surface area contributed by atoms with E-state index in [0.717, 1.165) is 4.90 Å². The molecule has 0 bridgehead atoms. The van der Waals surface area contributed by atoms with Gasteiger partial charge in [-0.05, 0) is 18.6 Å². The van der Waals surface area contributed by atoms with Crippen molar-refractivity contribution in [1.29, 1.82) is 5.39 Å². The maximum Gasteiger partial charge on any atom is 0.433 e. The molecule has 0 fully saturated rings. The molecule has 8 heteroatoms. The van der Waals surface area contributed by atoms with Gasteiger partial charge in [0, 0.05) is 37.3 Å². The van der Waals surface area contributed by atoms with Gasteiger partial charge < -0.3 is 14.6 Å². The van der Waals surface area contributed by atoms with Crippen LogP contribution in [0.25, 0.3) is 15.7 Å². The normalized spacial score (nSPS) is 13.3. The second-order valence-electron chi connectivity index (χ2n) is 5.84. The van der Waals surface area contributed by atoms with Crippen LogP contribution in [-0.4, -0.2) is 55.3 Å². The van der Waals surface area contributed by atoms with E-state index in [2.05, 4.69) is 4.98 Å². The van der Waals surface area contributed by atoms with Crippen molar-refractivity contribution >= 4 is 28.3 Å². The standard InChI is InChI=1S/C18H17N3O5/c1-25-8-9-26-7-3-6-21-17(23)12-5-2-4-11-15(12)13(18(21)24)10-14(22)16(11)20-19/h2,4-5,10H,3,6-9H2,1H3/p+1. The number of ether oxygens (including phenoxy) is 2. The molecule has 0 radical (unpaired) electrons. The highest BCUT2D eigenvalue weighted by Gasteiger charge is 2.36. The van der Waals surface area contributed by atoms with Crippen LogP contribution in [0.2, 0.25) is 0 Å². The number of hydrogen-bond acceptors (Lipinski definition) is 6. The molecule has 1 aliphatic rings. The van der Waals surface area contributed by atoms with Crippen LogP contribution in [0.15, 0.2) is 24.3 Å². The monoisotopic (exact) mass is 356 g/mol. The molecule has 1 heterocycles. The Labute approximate surface area is 149 Å². The summed E-state index contributed by atoms with van der Waals surface area (Å²) >= 11 is 0. The Morgan fingerprint density at radius 3 is 2.65 bits per heavy atom. The molecule has 0 aromatic heterocycles. The lowest BCUT2D eigenvalue weighted by molar-refractivity contribution is 0.0528. The fraction of sp³-hybridized carbons (Fsp3) is 0.333. The topological polar surface area (TPSA) is 104 Å². The van der Waals surface area contributed by atoms with E-state index >= 15 is 0 Å². The van der Waals surface area contributed by atoms with Crippen LogP contribution in [-0.2, 0) is 9.47 Å². The van der Waals surface area contributed by atoms with Gasteiger partial charge in [0.2, 0.25) is 11.1 Å². The predicted octanol–water partition coefficient (Wildman–Crippen LogP) is 2.68. The number of phenols is 1. The van der Waals surface area contributed by atoms with Crippen molar-refractivity contribution in [2.45, 2.75) is 6.42 Å². The summed E-state index contributed by atoms with van der Waals surface area (Å²) in [6.45, 7) is 1.52. The molecule has 1 N–H and O–H groups in total. The van der Waals surface area contributed by atoms with Gasteiger partial charge in [-0.2, -0.15) is 0 Å². The lowest BCUT2D eigenvalue weighted by atomic mass is 9.92. The summed E-state index contributed by atoms with van der Waals surface area (Å²) in [5.74, 6) is -1.23. The molecule has 0 atom stereocenters. The van der Waals surface area contributed by atoms with Crippen LogP contribution < -0.4 is 0 Å². The van der Waals surface area contributed by atoms with E-state index in [1.54, 1.807) is 25.3 Å². The molecule has 0 saturated heterocycles. The van der Waals surface area contributed by atoms with Crippen LogP contribution in [0, 0.1) is 5.39 Å². The van der Waals surface area contributed by atoms with E-state index < -0.39 is 11.8 Å². The summed E-state index contributed by atoms with van der Waals surface area (Å²) < 4.78 is 10.2. The summed E-state index contributed by atoms with van der Waals surface area (Å²) in [7, 11) is 1.58. The van der Waals surface area contributed by atoms with E-state index in [9.17, 15) is 14.7 Å². The number of aromatic hydroxyl groups is 1. The number of carbonyl (C=O) groups excluding carboxylic acids is 2. The Bertz CT molecular complexity index is 919. The Kier molecular flexibility index (Phi) is 5.11. The van der Waals surface area contributed by atoms with Gasteiger partial charge in [0.15, 0.2) is 4.98 Å². The van der Waals surface area contributed by atoms with Gasteiger partial charge in [0.25, 0.3) is 11.8 Å². The number of phenolic OH excluding ortho intramolecular Hbond substituents is 1. The Hall–Kier alpha value is -3.02. The first-order valence-corrected chi connectivity index (χ1v) is 8.16. The fourth-order valence-electron chi connectivity index (χ4n) is 3.06. The van der Waals surface area contributed by atoms with E-state index in [0.29, 0.717) is 42.6 Å². The number of amides is 2. The van der Waals surface area contributed by atoms with E-state index in [4.69, 9.17) is 14.9 Å². The van der Waals surface area contributed by atoms with Crippen molar-refractivity contribution in [1.82, 2.24) is 4.90 Å². The third-order valence-corrected chi connectivity index (χ3v) is 4.27. The number of imide groups is 1. The van der Waals surface area contributed by atoms with Gasteiger partial charge in [-0.15, -0.1) is 0 Å². The number of rotatable bonds is 7. The van der Waals surface area contributed by atoms with Crippen LogP contribution in [0.4, 0.5) is 5.69 Å². The number of nitrogens with zero attached hydrogens (tertiary/aromatic N) is 3. The largest absolute Gasteiger partial charge is 0.501 e. The third kappa shape index (κ3) is 2.98. The molecule has 2 aromatic rings. The highest BCUT2D eigenvalue weighted by atomic mass is 16.5. The maximum atomic E-state index is 12.8. The average Bonchev–Trinajstić information content (AvgIpc) is 2.64. The number of benzene rings is 2. The molecule has 8 nitrogen and oxygen atoms in total. The molecule has 26 heavy (non-hydrogen) atoms. The molecule has 0 spiro atoms. The van der Waals surface area contributed by atoms with Crippen molar-refractivity contribution in [3.8, 4) is 5.75 Å². The third-order valence-electron chi connectivity index (χ3n) is 4.27. The molecule has 0 saturated carbocycles. The first kappa shape index (κ1) is 17.8. The van der Waals surface area contributed by atoms with Gasteiger partial charge in [0.1, 0.15) is 0 Å². The molecule has 1 aliphatic heterocycles. The minimum absolute atomic E-state index is 0.0637. The lowest BCUT2D eigenvalue weighted by Crippen LogP contribution is -2.41. The van der Waals surface area contributed by atoms with Gasteiger partial charge >= 0.3 is 5.69 Å². The molecular weight excluding hydrogens is 338 g/mol. The SMILES string of the molecule is COCCOCCCN1C(=O)c2cccc3c([N+]#N)c(O)cc(c23)C1=O.